The molecule has 2 aromatic heterocycles. The second-order valence-electron chi connectivity index (χ2n) is 6.28. The van der Waals surface area contributed by atoms with Gasteiger partial charge in [-0.15, -0.1) is 11.3 Å². The van der Waals surface area contributed by atoms with Crippen LogP contribution in [0.3, 0.4) is 0 Å². The molecule has 0 fully saturated rings. The SMILES string of the molecule is Cc1ccc(-c2ccc(=O)n(CC(=O)N(C)C(C)c3cccs3)n2)cc1. The van der Waals surface area contributed by atoms with Crippen LogP contribution in [-0.4, -0.2) is 27.6 Å². The molecule has 1 aromatic carbocycles. The molecule has 0 saturated heterocycles. The highest BCUT2D eigenvalue weighted by atomic mass is 32.1. The van der Waals surface area contributed by atoms with E-state index in [1.165, 1.54) is 10.7 Å². The largest absolute Gasteiger partial charge is 0.337 e. The highest BCUT2D eigenvalue weighted by Gasteiger charge is 2.19. The van der Waals surface area contributed by atoms with Crippen LogP contribution in [0.1, 0.15) is 23.4 Å². The topological polar surface area (TPSA) is 55.2 Å². The highest BCUT2D eigenvalue weighted by molar-refractivity contribution is 7.10. The van der Waals surface area contributed by atoms with E-state index in [0.29, 0.717) is 5.69 Å². The molecule has 26 heavy (non-hydrogen) atoms. The summed E-state index contributed by atoms with van der Waals surface area (Å²) in [5.41, 5.74) is 2.45. The molecule has 0 aliphatic rings. The summed E-state index contributed by atoms with van der Waals surface area (Å²) >= 11 is 1.61. The van der Waals surface area contributed by atoms with Crippen LogP contribution >= 0.6 is 11.3 Å². The number of hydrogen-bond donors (Lipinski definition) is 0. The average molecular weight is 367 g/mol. The number of carbonyl (C=O) groups excluding carboxylic acids is 1. The van der Waals surface area contributed by atoms with Gasteiger partial charge in [0.25, 0.3) is 5.56 Å². The van der Waals surface area contributed by atoms with Gasteiger partial charge in [-0.3, -0.25) is 9.59 Å². The number of rotatable bonds is 5. The lowest BCUT2D eigenvalue weighted by Crippen LogP contribution is -2.36. The van der Waals surface area contributed by atoms with Gasteiger partial charge in [0.15, 0.2) is 0 Å². The summed E-state index contributed by atoms with van der Waals surface area (Å²) in [7, 11) is 1.75. The predicted molar refractivity (Wildman–Crippen MR) is 104 cm³/mol. The van der Waals surface area contributed by atoms with Crippen LogP contribution in [0.2, 0.25) is 0 Å². The van der Waals surface area contributed by atoms with Crippen molar-refractivity contribution in [3.05, 3.63) is 74.7 Å². The zero-order chi connectivity index (χ0) is 18.7. The molecule has 3 aromatic rings. The second-order valence-corrected chi connectivity index (χ2v) is 7.26. The van der Waals surface area contributed by atoms with Crippen LogP contribution in [0.25, 0.3) is 11.3 Å². The molecule has 1 unspecified atom stereocenters. The van der Waals surface area contributed by atoms with Crippen LogP contribution < -0.4 is 5.56 Å². The number of aromatic nitrogens is 2. The average Bonchev–Trinajstić information content (AvgIpc) is 3.17. The van der Waals surface area contributed by atoms with Gasteiger partial charge >= 0.3 is 0 Å². The standard InChI is InChI=1S/C20H21N3O2S/c1-14-6-8-16(9-7-14)17-10-11-19(24)23(21-17)13-20(25)22(3)15(2)18-5-4-12-26-18/h4-12,15H,13H2,1-3H3. The number of thiophene rings is 1. The molecule has 0 aliphatic carbocycles. The summed E-state index contributed by atoms with van der Waals surface area (Å²) in [6.07, 6.45) is 0. The van der Waals surface area contributed by atoms with Crippen LogP contribution in [0.5, 0.6) is 0 Å². The number of carbonyl (C=O) groups is 1. The van der Waals surface area contributed by atoms with Gasteiger partial charge in [0.05, 0.1) is 11.7 Å². The Hall–Kier alpha value is -2.73. The first-order valence-electron chi connectivity index (χ1n) is 8.40. The van der Waals surface area contributed by atoms with Gasteiger partial charge in [0, 0.05) is 23.6 Å². The van der Waals surface area contributed by atoms with E-state index < -0.39 is 0 Å². The van der Waals surface area contributed by atoms with Gasteiger partial charge in [0.2, 0.25) is 5.91 Å². The molecular formula is C20H21N3O2S. The zero-order valence-electron chi connectivity index (χ0n) is 15.0. The summed E-state index contributed by atoms with van der Waals surface area (Å²) in [4.78, 5) is 27.5. The fourth-order valence-corrected chi connectivity index (χ4v) is 3.44. The Morgan fingerprint density at radius 1 is 1.19 bits per heavy atom. The van der Waals surface area contributed by atoms with Crippen LogP contribution in [0, 0.1) is 6.92 Å². The van der Waals surface area contributed by atoms with Gasteiger partial charge in [-0.05, 0) is 31.4 Å². The smallest absolute Gasteiger partial charge is 0.267 e. The monoisotopic (exact) mass is 367 g/mol. The predicted octanol–water partition coefficient (Wildman–Crippen LogP) is 3.50. The Kier molecular flexibility index (Phi) is 5.32. The van der Waals surface area contributed by atoms with Gasteiger partial charge in [0.1, 0.15) is 6.54 Å². The van der Waals surface area contributed by atoms with Gasteiger partial charge in [-0.25, -0.2) is 4.68 Å². The second kappa shape index (κ2) is 7.66. The summed E-state index contributed by atoms with van der Waals surface area (Å²) in [6, 6.07) is 15.0. The zero-order valence-corrected chi connectivity index (χ0v) is 15.9. The van der Waals surface area contributed by atoms with Crippen molar-refractivity contribution in [1.29, 1.82) is 0 Å². The maximum absolute atomic E-state index is 12.6. The minimum atomic E-state index is -0.286. The van der Waals surface area contributed by atoms with E-state index in [2.05, 4.69) is 5.10 Å². The van der Waals surface area contributed by atoms with Gasteiger partial charge in [-0.1, -0.05) is 35.9 Å². The molecule has 1 atom stereocenters. The Balaban J connectivity index is 1.80. The first-order chi connectivity index (χ1) is 12.5. The van der Waals surface area contributed by atoms with Crippen molar-refractivity contribution in [2.24, 2.45) is 0 Å². The van der Waals surface area contributed by atoms with Gasteiger partial charge < -0.3 is 4.90 Å². The Morgan fingerprint density at radius 2 is 1.92 bits per heavy atom. The van der Waals surface area contributed by atoms with E-state index in [1.807, 2.05) is 55.6 Å². The summed E-state index contributed by atoms with van der Waals surface area (Å²) in [5, 5.41) is 6.36. The molecule has 2 heterocycles. The number of hydrogen-bond acceptors (Lipinski definition) is 4. The first-order valence-corrected chi connectivity index (χ1v) is 9.28. The molecule has 0 aliphatic heterocycles. The van der Waals surface area contributed by atoms with E-state index in [4.69, 9.17) is 0 Å². The maximum atomic E-state index is 12.6. The molecule has 1 amide bonds. The Morgan fingerprint density at radius 3 is 2.58 bits per heavy atom. The number of nitrogens with zero attached hydrogens (tertiary/aromatic N) is 3. The van der Waals surface area contributed by atoms with Gasteiger partial charge in [-0.2, -0.15) is 5.10 Å². The molecule has 0 N–H and O–H groups in total. The van der Waals surface area contributed by atoms with Crippen molar-refractivity contribution in [2.45, 2.75) is 26.4 Å². The molecule has 0 bridgehead atoms. The van der Waals surface area contributed by atoms with Crippen molar-refractivity contribution in [1.82, 2.24) is 14.7 Å². The molecular weight excluding hydrogens is 346 g/mol. The third kappa shape index (κ3) is 3.91. The number of benzene rings is 1. The van der Waals surface area contributed by atoms with E-state index in [1.54, 1.807) is 29.4 Å². The lowest BCUT2D eigenvalue weighted by molar-refractivity contribution is -0.132. The van der Waals surface area contributed by atoms with E-state index in [0.717, 1.165) is 16.0 Å². The summed E-state index contributed by atoms with van der Waals surface area (Å²) in [5.74, 6) is -0.151. The van der Waals surface area contributed by atoms with E-state index in [9.17, 15) is 9.59 Å². The first kappa shape index (κ1) is 18.1. The molecule has 134 valence electrons. The van der Waals surface area contributed by atoms with E-state index in [-0.39, 0.29) is 24.1 Å². The fraction of sp³-hybridized carbons (Fsp3) is 0.250. The minimum Gasteiger partial charge on any atom is -0.337 e. The Labute approximate surface area is 156 Å². The van der Waals surface area contributed by atoms with Crippen molar-refractivity contribution in [3.8, 4) is 11.3 Å². The molecule has 6 heteroatoms. The maximum Gasteiger partial charge on any atom is 0.267 e. The molecule has 0 radical (unpaired) electrons. The lowest BCUT2D eigenvalue weighted by atomic mass is 10.1. The molecule has 5 nitrogen and oxygen atoms in total. The van der Waals surface area contributed by atoms with Crippen molar-refractivity contribution < 1.29 is 4.79 Å². The molecule has 3 rings (SSSR count). The number of amides is 1. The van der Waals surface area contributed by atoms with Crippen LogP contribution in [-0.2, 0) is 11.3 Å². The summed E-state index contributed by atoms with van der Waals surface area (Å²) in [6.45, 7) is 3.91. The third-order valence-corrected chi connectivity index (χ3v) is 5.47. The lowest BCUT2D eigenvalue weighted by Gasteiger charge is -2.24. The van der Waals surface area contributed by atoms with Crippen LogP contribution in [0.4, 0.5) is 0 Å². The van der Waals surface area contributed by atoms with Crippen molar-refractivity contribution >= 4 is 17.2 Å². The van der Waals surface area contributed by atoms with E-state index >= 15 is 0 Å². The highest BCUT2D eigenvalue weighted by Crippen LogP contribution is 2.23. The third-order valence-electron chi connectivity index (χ3n) is 4.43. The number of aryl methyl sites for hydroxylation is 1. The quantitative estimate of drug-likeness (QED) is 0.693. The van der Waals surface area contributed by atoms with Crippen molar-refractivity contribution in [3.63, 3.8) is 0 Å². The number of likely N-dealkylation sites (N-methyl/N-ethyl adjacent to an activating group) is 1. The molecule has 0 saturated carbocycles. The van der Waals surface area contributed by atoms with Crippen molar-refractivity contribution in [2.75, 3.05) is 7.05 Å². The molecule has 0 spiro atoms. The fourth-order valence-electron chi connectivity index (χ4n) is 2.62. The normalized spacial score (nSPS) is 12.0. The van der Waals surface area contributed by atoms with Crippen LogP contribution in [0.15, 0.2) is 58.7 Å². The summed E-state index contributed by atoms with van der Waals surface area (Å²) < 4.78 is 1.23. The Bertz CT molecular complexity index is 946. The minimum absolute atomic E-state index is 0.0431.